The average Bonchev–Trinajstić information content (AvgIpc) is 3.64. The Bertz CT molecular complexity index is 1600. The first-order valence-electron chi connectivity index (χ1n) is 11.3. The van der Waals surface area contributed by atoms with E-state index in [1.54, 1.807) is 22.7 Å². The van der Waals surface area contributed by atoms with Gasteiger partial charge in [-0.3, -0.25) is 0 Å². The Morgan fingerprint density at radius 2 is 0.857 bits per heavy atom. The summed E-state index contributed by atoms with van der Waals surface area (Å²) in [5, 5.41) is 1.74. The van der Waals surface area contributed by atoms with E-state index in [1.807, 2.05) is 48.5 Å². The van der Waals surface area contributed by atoms with Gasteiger partial charge in [0, 0.05) is 11.1 Å². The topological polar surface area (TPSA) is 38.9 Å². The molecular weight excluding hydrogens is 468 g/mol. The average molecular weight is 487 g/mol. The highest BCUT2D eigenvalue weighted by Gasteiger charge is 2.28. The quantitative estimate of drug-likeness (QED) is 0.249. The van der Waals surface area contributed by atoms with E-state index in [0.29, 0.717) is 0 Å². The third-order valence-corrected chi connectivity index (χ3v) is 8.08. The van der Waals surface area contributed by atoms with Crippen LogP contribution in [0.2, 0.25) is 0 Å². The zero-order valence-corrected chi connectivity index (χ0v) is 20.1. The number of para-hydroxylation sites is 2. The minimum atomic E-state index is 0.783. The van der Waals surface area contributed by atoms with Crippen LogP contribution in [0.25, 0.3) is 64.2 Å². The van der Waals surface area contributed by atoms with E-state index >= 15 is 0 Å². The van der Waals surface area contributed by atoms with Crippen molar-refractivity contribution in [2.75, 3.05) is 0 Å². The van der Waals surface area contributed by atoms with Gasteiger partial charge in [-0.1, -0.05) is 84.9 Å². The third kappa shape index (κ3) is 3.48. The van der Waals surface area contributed by atoms with Crippen molar-refractivity contribution in [3.05, 3.63) is 109 Å². The van der Waals surface area contributed by atoms with E-state index in [9.17, 15) is 0 Å². The van der Waals surface area contributed by atoms with E-state index in [0.717, 1.165) is 64.2 Å². The molecule has 3 heterocycles. The molecule has 0 aliphatic heterocycles. The van der Waals surface area contributed by atoms with Crippen LogP contribution in [0.1, 0.15) is 0 Å². The third-order valence-electron chi connectivity index (χ3n) is 6.01. The summed E-state index contributed by atoms with van der Waals surface area (Å²) in [6.07, 6.45) is 0. The molecule has 0 saturated heterocycles. The van der Waals surface area contributed by atoms with Crippen LogP contribution in [0.5, 0.6) is 0 Å². The second kappa shape index (κ2) is 8.31. The van der Waals surface area contributed by atoms with Gasteiger partial charge in [-0.2, -0.15) is 0 Å². The minimum absolute atomic E-state index is 0.783. The maximum Gasteiger partial charge on any atom is 0.172 e. The van der Waals surface area contributed by atoms with Crippen LogP contribution in [0.3, 0.4) is 0 Å². The van der Waals surface area contributed by atoms with Gasteiger partial charge < -0.3 is 4.42 Å². The molecule has 7 rings (SSSR count). The molecule has 166 valence electrons. The van der Waals surface area contributed by atoms with Gasteiger partial charge in [0.15, 0.2) is 21.5 Å². The zero-order chi connectivity index (χ0) is 23.2. The largest absolute Gasteiger partial charge is 0.450 e. The number of rotatable bonds is 4. The maximum atomic E-state index is 6.78. The van der Waals surface area contributed by atoms with Crippen LogP contribution < -0.4 is 0 Å². The first kappa shape index (κ1) is 20.3. The van der Waals surface area contributed by atoms with Crippen LogP contribution in [-0.4, -0.2) is 9.97 Å². The van der Waals surface area contributed by atoms with E-state index in [4.69, 9.17) is 14.4 Å². The minimum Gasteiger partial charge on any atom is -0.450 e. The second-order valence-electron chi connectivity index (χ2n) is 8.22. The molecule has 0 bridgehead atoms. The molecule has 0 atom stereocenters. The fraction of sp³-hybridized carbons (Fsp3) is 0. The molecule has 5 heteroatoms. The number of aromatic nitrogens is 2. The van der Waals surface area contributed by atoms with Crippen molar-refractivity contribution in [2.24, 2.45) is 0 Å². The summed E-state index contributed by atoms with van der Waals surface area (Å²) >= 11 is 3.31. The van der Waals surface area contributed by atoms with Crippen molar-refractivity contribution in [2.45, 2.75) is 0 Å². The summed E-state index contributed by atoms with van der Waals surface area (Å²) in [4.78, 5) is 9.92. The standard InChI is InChI=1S/C30H18N2OS2/c1-3-11-19(12-4-1)25-26(20-13-5-2-6-14-20)28(30-32-22-16-8-10-18-24(22)35-30)33-27(25)29-31-21-15-7-9-17-23(21)34-29/h1-18H. The van der Waals surface area contributed by atoms with E-state index < -0.39 is 0 Å². The molecule has 7 aromatic rings. The summed E-state index contributed by atoms with van der Waals surface area (Å²) in [5.41, 5.74) is 6.24. The van der Waals surface area contributed by atoms with Crippen molar-refractivity contribution in [1.82, 2.24) is 9.97 Å². The van der Waals surface area contributed by atoms with Crippen molar-refractivity contribution in [3.8, 4) is 43.8 Å². The summed E-state index contributed by atoms with van der Waals surface area (Å²) in [6, 6.07) is 37.3. The van der Waals surface area contributed by atoms with Crippen molar-refractivity contribution < 1.29 is 4.42 Å². The molecule has 0 spiro atoms. The summed E-state index contributed by atoms with van der Waals surface area (Å²) in [5.74, 6) is 1.57. The van der Waals surface area contributed by atoms with Gasteiger partial charge in [-0.25, -0.2) is 9.97 Å². The molecule has 0 unspecified atom stereocenters. The van der Waals surface area contributed by atoms with Gasteiger partial charge in [-0.05, 0) is 35.4 Å². The number of furan rings is 1. The number of hydrogen-bond acceptors (Lipinski definition) is 5. The predicted octanol–water partition coefficient (Wildman–Crippen LogP) is 9.17. The first-order valence-corrected chi connectivity index (χ1v) is 13.0. The Labute approximate surface area is 210 Å². The molecule has 0 radical (unpaired) electrons. The molecule has 0 saturated carbocycles. The van der Waals surface area contributed by atoms with Gasteiger partial charge in [0.1, 0.15) is 0 Å². The Hall–Kier alpha value is -4.06. The lowest BCUT2D eigenvalue weighted by molar-refractivity contribution is 0.598. The SMILES string of the molecule is c1ccc(-c2c(-c3nc4ccccc4s3)oc(-c3nc4ccccc4s3)c2-c2ccccc2)cc1. The van der Waals surface area contributed by atoms with Crippen molar-refractivity contribution in [3.63, 3.8) is 0 Å². The van der Waals surface area contributed by atoms with Crippen molar-refractivity contribution in [1.29, 1.82) is 0 Å². The second-order valence-corrected chi connectivity index (χ2v) is 10.3. The number of hydrogen-bond donors (Lipinski definition) is 0. The lowest BCUT2D eigenvalue weighted by Crippen LogP contribution is -1.85. The number of nitrogens with zero attached hydrogens (tertiary/aromatic N) is 2. The molecule has 35 heavy (non-hydrogen) atoms. The highest BCUT2D eigenvalue weighted by atomic mass is 32.1. The van der Waals surface area contributed by atoms with Crippen LogP contribution in [0.15, 0.2) is 114 Å². The highest BCUT2D eigenvalue weighted by Crippen LogP contribution is 2.50. The Kier molecular flexibility index (Phi) is 4.82. The van der Waals surface area contributed by atoms with Gasteiger partial charge in [0.25, 0.3) is 0 Å². The lowest BCUT2D eigenvalue weighted by atomic mass is 9.95. The van der Waals surface area contributed by atoms with E-state index in [-0.39, 0.29) is 0 Å². The fourth-order valence-electron chi connectivity index (χ4n) is 4.43. The molecule has 3 aromatic heterocycles. The molecular formula is C30H18N2OS2. The lowest BCUT2D eigenvalue weighted by Gasteiger charge is -2.06. The molecule has 0 fully saturated rings. The highest BCUT2D eigenvalue weighted by molar-refractivity contribution is 7.22. The van der Waals surface area contributed by atoms with Crippen LogP contribution in [0.4, 0.5) is 0 Å². The van der Waals surface area contributed by atoms with Gasteiger partial charge in [0.05, 0.1) is 20.4 Å². The van der Waals surface area contributed by atoms with Crippen LogP contribution >= 0.6 is 22.7 Å². The monoisotopic (exact) mass is 486 g/mol. The number of fused-ring (bicyclic) bond motifs is 2. The normalized spacial score (nSPS) is 11.4. The van der Waals surface area contributed by atoms with Crippen LogP contribution in [0, 0.1) is 0 Å². The molecule has 4 aromatic carbocycles. The molecule has 0 aliphatic rings. The first-order chi connectivity index (χ1) is 17.3. The van der Waals surface area contributed by atoms with Gasteiger partial charge in [-0.15, -0.1) is 22.7 Å². The Morgan fingerprint density at radius 3 is 1.29 bits per heavy atom. The molecule has 3 nitrogen and oxygen atoms in total. The molecule has 0 amide bonds. The van der Waals surface area contributed by atoms with E-state index in [2.05, 4.69) is 60.7 Å². The van der Waals surface area contributed by atoms with Gasteiger partial charge in [0.2, 0.25) is 0 Å². The number of thiazole rings is 2. The predicted molar refractivity (Wildman–Crippen MR) is 147 cm³/mol. The molecule has 0 aliphatic carbocycles. The van der Waals surface area contributed by atoms with Crippen LogP contribution in [-0.2, 0) is 0 Å². The fourth-order valence-corrected chi connectivity index (χ4v) is 6.34. The smallest absolute Gasteiger partial charge is 0.172 e. The maximum absolute atomic E-state index is 6.78. The zero-order valence-electron chi connectivity index (χ0n) is 18.5. The number of benzene rings is 4. The van der Waals surface area contributed by atoms with Gasteiger partial charge >= 0.3 is 0 Å². The Morgan fingerprint density at radius 1 is 0.457 bits per heavy atom. The summed E-state index contributed by atoms with van der Waals surface area (Å²) in [6.45, 7) is 0. The van der Waals surface area contributed by atoms with Crippen molar-refractivity contribution >= 4 is 43.1 Å². The summed E-state index contributed by atoms with van der Waals surface area (Å²) < 4.78 is 9.06. The Balaban J connectivity index is 1.58. The van der Waals surface area contributed by atoms with E-state index in [1.165, 1.54) is 0 Å². The molecule has 0 N–H and O–H groups in total. The summed E-state index contributed by atoms with van der Waals surface area (Å²) in [7, 11) is 0.